The summed E-state index contributed by atoms with van der Waals surface area (Å²) in [4.78, 5) is 27.4. The number of benzene rings is 1. The molecule has 1 amide bonds. The summed E-state index contributed by atoms with van der Waals surface area (Å²) in [5.74, 6) is -1.64. The highest BCUT2D eigenvalue weighted by Gasteiger charge is 2.32. The SMILES string of the molecule is O=C(O)c1cccc(NC(=O)C2CCN(S(=O)(=O)c3cccnc3)CC2)c1. The first kappa shape index (κ1) is 19.0. The maximum Gasteiger partial charge on any atom is 0.335 e. The van der Waals surface area contributed by atoms with E-state index in [1.165, 1.54) is 34.9 Å². The Labute approximate surface area is 156 Å². The Morgan fingerprint density at radius 2 is 1.89 bits per heavy atom. The van der Waals surface area contributed by atoms with Gasteiger partial charge >= 0.3 is 5.97 Å². The van der Waals surface area contributed by atoms with Gasteiger partial charge in [-0.3, -0.25) is 9.78 Å². The summed E-state index contributed by atoms with van der Waals surface area (Å²) >= 11 is 0. The highest BCUT2D eigenvalue weighted by molar-refractivity contribution is 7.89. The van der Waals surface area contributed by atoms with E-state index < -0.39 is 16.0 Å². The summed E-state index contributed by atoms with van der Waals surface area (Å²) in [6, 6.07) is 9.07. The van der Waals surface area contributed by atoms with Gasteiger partial charge in [0.05, 0.1) is 5.56 Å². The second-order valence-corrected chi connectivity index (χ2v) is 8.18. The Hall–Kier alpha value is -2.78. The molecule has 1 aliphatic heterocycles. The molecule has 2 N–H and O–H groups in total. The molecule has 2 aromatic rings. The summed E-state index contributed by atoms with van der Waals surface area (Å²) < 4.78 is 26.5. The van der Waals surface area contributed by atoms with Crippen molar-refractivity contribution in [3.63, 3.8) is 0 Å². The largest absolute Gasteiger partial charge is 0.478 e. The van der Waals surface area contributed by atoms with Gasteiger partial charge < -0.3 is 10.4 Å². The normalized spacial score (nSPS) is 16.0. The first-order chi connectivity index (χ1) is 12.9. The van der Waals surface area contributed by atoms with Gasteiger partial charge in [-0.05, 0) is 43.2 Å². The van der Waals surface area contributed by atoms with E-state index >= 15 is 0 Å². The molecule has 0 unspecified atom stereocenters. The maximum atomic E-state index is 12.6. The molecule has 0 saturated carbocycles. The highest BCUT2D eigenvalue weighted by Crippen LogP contribution is 2.24. The average molecular weight is 389 g/mol. The number of nitrogens with zero attached hydrogens (tertiary/aromatic N) is 2. The molecule has 2 heterocycles. The second-order valence-electron chi connectivity index (χ2n) is 6.24. The third-order valence-electron chi connectivity index (χ3n) is 4.47. The van der Waals surface area contributed by atoms with Crippen molar-refractivity contribution < 1.29 is 23.1 Å². The van der Waals surface area contributed by atoms with Crippen LogP contribution in [0.25, 0.3) is 0 Å². The molecule has 142 valence electrons. The summed E-state index contributed by atoms with van der Waals surface area (Å²) in [5.41, 5.74) is 0.496. The molecule has 9 heteroatoms. The van der Waals surface area contributed by atoms with E-state index in [1.54, 1.807) is 18.2 Å². The molecule has 8 nitrogen and oxygen atoms in total. The molecule has 0 spiro atoms. The van der Waals surface area contributed by atoms with Crippen LogP contribution in [0.3, 0.4) is 0 Å². The fourth-order valence-corrected chi connectivity index (χ4v) is 4.42. The van der Waals surface area contributed by atoms with Crippen LogP contribution in [0.5, 0.6) is 0 Å². The van der Waals surface area contributed by atoms with Crippen molar-refractivity contribution in [3.05, 3.63) is 54.4 Å². The molecule has 1 fully saturated rings. The molecule has 1 aliphatic rings. The Morgan fingerprint density at radius 3 is 2.52 bits per heavy atom. The van der Waals surface area contributed by atoms with Crippen molar-refractivity contribution in [2.45, 2.75) is 17.7 Å². The number of carboxylic acid groups (broad SMARTS) is 1. The van der Waals surface area contributed by atoms with E-state index in [1.807, 2.05) is 0 Å². The van der Waals surface area contributed by atoms with Gasteiger partial charge in [0, 0.05) is 37.1 Å². The summed E-state index contributed by atoms with van der Waals surface area (Å²) in [7, 11) is -3.61. The van der Waals surface area contributed by atoms with Gasteiger partial charge in [-0.2, -0.15) is 4.31 Å². The number of sulfonamides is 1. The van der Waals surface area contributed by atoms with Gasteiger partial charge in [0.2, 0.25) is 15.9 Å². The number of carbonyl (C=O) groups excluding carboxylic acids is 1. The number of amides is 1. The van der Waals surface area contributed by atoms with Crippen molar-refractivity contribution in [1.82, 2.24) is 9.29 Å². The molecular formula is C18H19N3O5S. The fourth-order valence-electron chi connectivity index (χ4n) is 2.98. The predicted molar refractivity (Wildman–Crippen MR) is 97.8 cm³/mol. The van der Waals surface area contributed by atoms with Crippen LogP contribution in [-0.2, 0) is 14.8 Å². The third kappa shape index (κ3) is 4.32. The summed E-state index contributed by atoms with van der Waals surface area (Å²) in [6.07, 6.45) is 3.60. The molecule has 1 aromatic carbocycles. The predicted octanol–water partition coefficient (Wildman–Crippen LogP) is 1.82. The summed E-state index contributed by atoms with van der Waals surface area (Å²) in [5, 5.41) is 11.7. The molecule has 0 aliphatic carbocycles. The molecular weight excluding hydrogens is 370 g/mol. The number of carboxylic acids is 1. The number of nitrogens with one attached hydrogen (secondary N) is 1. The van der Waals surface area contributed by atoms with E-state index in [0.717, 1.165) is 0 Å². The monoisotopic (exact) mass is 389 g/mol. The Kier molecular flexibility index (Phi) is 5.52. The summed E-state index contributed by atoms with van der Waals surface area (Å²) in [6.45, 7) is 0.481. The first-order valence-electron chi connectivity index (χ1n) is 8.42. The topological polar surface area (TPSA) is 117 Å². The van der Waals surface area contributed by atoms with Crippen molar-refractivity contribution in [2.75, 3.05) is 18.4 Å². The lowest BCUT2D eigenvalue weighted by atomic mass is 9.97. The van der Waals surface area contributed by atoms with E-state index in [0.29, 0.717) is 18.5 Å². The zero-order valence-corrected chi connectivity index (χ0v) is 15.2. The molecule has 0 radical (unpaired) electrons. The van der Waals surface area contributed by atoms with E-state index in [4.69, 9.17) is 5.11 Å². The lowest BCUT2D eigenvalue weighted by molar-refractivity contribution is -0.120. The molecule has 0 atom stereocenters. The number of hydrogen-bond acceptors (Lipinski definition) is 5. The van der Waals surface area contributed by atoms with Gasteiger partial charge in [0.1, 0.15) is 4.90 Å². The minimum absolute atomic E-state index is 0.0881. The van der Waals surface area contributed by atoms with Crippen LogP contribution in [0.15, 0.2) is 53.7 Å². The quantitative estimate of drug-likeness (QED) is 0.806. The van der Waals surface area contributed by atoms with E-state index in [-0.39, 0.29) is 35.4 Å². The molecule has 3 rings (SSSR count). The van der Waals surface area contributed by atoms with Crippen LogP contribution in [0.1, 0.15) is 23.2 Å². The van der Waals surface area contributed by atoms with Crippen molar-refractivity contribution in [3.8, 4) is 0 Å². The highest BCUT2D eigenvalue weighted by atomic mass is 32.2. The maximum absolute atomic E-state index is 12.6. The number of aromatic nitrogens is 1. The molecule has 1 saturated heterocycles. The minimum atomic E-state index is -3.61. The lowest BCUT2D eigenvalue weighted by Crippen LogP contribution is -2.41. The Balaban J connectivity index is 1.61. The number of aromatic carboxylic acids is 1. The van der Waals surface area contributed by atoms with Crippen LogP contribution in [0, 0.1) is 5.92 Å². The van der Waals surface area contributed by atoms with Gasteiger partial charge in [-0.1, -0.05) is 6.07 Å². The first-order valence-corrected chi connectivity index (χ1v) is 9.86. The second kappa shape index (κ2) is 7.85. The standard InChI is InChI=1S/C18H19N3O5S/c22-17(20-15-4-1-3-14(11-15)18(23)24)13-6-9-21(10-7-13)27(25,26)16-5-2-8-19-12-16/h1-5,8,11-13H,6-7,9-10H2,(H,20,22)(H,23,24). The number of piperidine rings is 1. The number of anilines is 1. The van der Waals surface area contributed by atoms with Crippen LogP contribution in [0.2, 0.25) is 0 Å². The van der Waals surface area contributed by atoms with Crippen LogP contribution in [-0.4, -0.2) is 47.8 Å². The average Bonchev–Trinajstić information content (AvgIpc) is 2.69. The number of hydrogen-bond donors (Lipinski definition) is 2. The van der Waals surface area contributed by atoms with Crippen LogP contribution in [0.4, 0.5) is 5.69 Å². The number of carbonyl (C=O) groups is 2. The minimum Gasteiger partial charge on any atom is -0.478 e. The smallest absolute Gasteiger partial charge is 0.335 e. The molecule has 27 heavy (non-hydrogen) atoms. The van der Waals surface area contributed by atoms with Gasteiger partial charge in [0.15, 0.2) is 0 Å². The Morgan fingerprint density at radius 1 is 1.15 bits per heavy atom. The number of pyridine rings is 1. The van der Waals surface area contributed by atoms with E-state index in [9.17, 15) is 18.0 Å². The zero-order chi connectivity index (χ0) is 19.4. The molecule has 0 bridgehead atoms. The van der Waals surface area contributed by atoms with Gasteiger partial charge in [-0.15, -0.1) is 0 Å². The third-order valence-corrected chi connectivity index (χ3v) is 6.36. The van der Waals surface area contributed by atoms with Crippen LogP contribution < -0.4 is 5.32 Å². The van der Waals surface area contributed by atoms with Crippen LogP contribution >= 0.6 is 0 Å². The number of rotatable bonds is 5. The fraction of sp³-hybridized carbons (Fsp3) is 0.278. The lowest BCUT2D eigenvalue weighted by Gasteiger charge is -2.30. The van der Waals surface area contributed by atoms with E-state index in [2.05, 4.69) is 10.3 Å². The zero-order valence-electron chi connectivity index (χ0n) is 14.4. The van der Waals surface area contributed by atoms with Crippen molar-refractivity contribution >= 4 is 27.6 Å². The van der Waals surface area contributed by atoms with Crippen molar-refractivity contribution in [1.29, 1.82) is 0 Å². The van der Waals surface area contributed by atoms with Gasteiger partial charge in [-0.25, -0.2) is 13.2 Å². The molecule has 1 aromatic heterocycles. The Bertz CT molecular complexity index is 938. The van der Waals surface area contributed by atoms with Crippen molar-refractivity contribution in [2.24, 2.45) is 5.92 Å². The van der Waals surface area contributed by atoms with Gasteiger partial charge in [0.25, 0.3) is 0 Å².